The maximum atomic E-state index is 12.6. The number of thioether (sulfide) groups is 1. The van der Waals surface area contributed by atoms with Crippen molar-refractivity contribution >= 4 is 56.0 Å². The standard InChI is InChI=1S/C23H17BrN4O3S/c1-31-23(30)15-9-10-19(18(24)11-15)27-20(29)12-32-22-21(25-13-26-28-22)17-8-4-6-14-5-2-3-7-16(14)17/h2-11,13H,12H2,1H3,(H,27,29). The summed E-state index contributed by atoms with van der Waals surface area (Å²) in [4.78, 5) is 28.6. The van der Waals surface area contributed by atoms with E-state index in [1.54, 1.807) is 18.2 Å². The van der Waals surface area contributed by atoms with Crippen molar-refractivity contribution in [1.82, 2.24) is 15.2 Å². The zero-order valence-corrected chi connectivity index (χ0v) is 19.3. The van der Waals surface area contributed by atoms with Gasteiger partial charge in [0, 0.05) is 10.0 Å². The molecule has 0 bridgehead atoms. The molecule has 0 unspecified atom stereocenters. The van der Waals surface area contributed by atoms with E-state index >= 15 is 0 Å². The molecule has 0 saturated heterocycles. The number of nitrogens with one attached hydrogen (secondary N) is 1. The zero-order valence-electron chi connectivity index (χ0n) is 16.9. The van der Waals surface area contributed by atoms with Crippen LogP contribution in [-0.2, 0) is 9.53 Å². The topological polar surface area (TPSA) is 94.1 Å². The van der Waals surface area contributed by atoms with Gasteiger partial charge >= 0.3 is 5.97 Å². The molecular weight excluding hydrogens is 492 g/mol. The molecule has 0 fully saturated rings. The molecule has 0 aliphatic carbocycles. The SMILES string of the molecule is COC(=O)c1ccc(NC(=O)CSc2nncnc2-c2cccc3ccccc23)c(Br)c1. The minimum atomic E-state index is -0.449. The van der Waals surface area contributed by atoms with Gasteiger partial charge in [0.15, 0.2) is 0 Å². The Hall–Kier alpha value is -3.30. The van der Waals surface area contributed by atoms with Gasteiger partial charge in [0.1, 0.15) is 17.0 Å². The number of hydrogen-bond donors (Lipinski definition) is 1. The Balaban J connectivity index is 1.51. The molecule has 1 aromatic heterocycles. The summed E-state index contributed by atoms with van der Waals surface area (Å²) in [6, 6.07) is 18.9. The first-order chi connectivity index (χ1) is 15.6. The van der Waals surface area contributed by atoms with Gasteiger partial charge in [0.2, 0.25) is 5.91 Å². The number of anilines is 1. The third kappa shape index (κ3) is 4.79. The number of carbonyl (C=O) groups excluding carboxylic acids is 2. The minimum Gasteiger partial charge on any atom is -0.465 e. The van der Waals surface area contributed by atoms with Gasteiger partial charge < -0.3 is 10.1 Å². The van der Waals surface area contributed by atoms with Crippen LogP contribution in [0, 0.1) is 0 Å². The lowest BCUT2D eigenvalue weighted by Gasteiger charge is -2.10. The van der Waals surface area contributed by atoms with Crippen LogP contribution in [0.2, 0.25) is 0 Å². The molecule has 1 N–H and O–H groups in total. The molecule has 0 atom stereocenters. The first-order valence-corrected chi connectivity index (χ1v) is 11.3. The number of aromatic nitrogens is 3. The van der Waals surface area contributed by atoms with Gasteiger partial charge in [-0.05, 0) is 44.9 Å². The van der Waals surface area contributed by atoms with Crippen molar-refractivity contribution in [1.29, 1.82) is 0 Å². The molecule has 0 spiro atoms. The van der Waals surface area contributed by atoms with E-state index < -0.39 is 5.97 Å². The maximum Gasteiger partial charge on any atom is 0.337 e. The number of amides is 1. The summed E-state index contributed by atoms with van der Waals surface area (Å²) in [6.07, 6.45) is 1.40. The average molecular weight is 509 g/mol. The van der Waals surface area contributed by atoms with Crippen LogP contribution in [0.15, 0.2) is 76.5 Å². The number of benzene rings is 3. The highest BCUT2D eigenvalue weighted by molar-refractivity contribution is 9.10. The summed E-state index contributed by atoms with van der Waals surface area (Å²) in [7, 11) is 1.32. The predicted molar refractivity (Wildman–Crippen MR) is 128 cm³/mol. The van der Waals surface area contributed by atoms with Gasteiger partial charge in [-0.25, -0.2) is 9.78 Å². The quantitative estimate of drug-likeness (QED) is 0.290. The van der Waals surface area contributed by atoms with Gasteiger partial charge in [-0.15, -0.1) is 10.2 Å². The third-order valence-corrected chi connectivity index (χ3v) is 6.25. The number of halogens is 1. The Kier molecular flexibility index (Phi) is 6.77. The van der Waals surface area contributed by atoms with E-state index in [1.807, 2.05) is 42.5 Å². The molecule has 0 radical (unpaired) electrons. The highest BCUT2D eigenvalue weighted by atomic mass is 79.9. The van der Waals surface area contributed by atoms with Crippen LogP contribution < -0.4 is 5.32 Å². The van der Waals surface area contributed by atoms with E-state index in [2.05, 4.69) is 36.4 Å². The number of carbonyl (C=O) groups is 2. The van der Waals surface area contributed by atoms with Crippen LogP contribution in [0.25, 0.3) is 22.0 Å². The minimum absolute atomic E-state index is 0.114. The fourth-order valence-corrected chi connectivity index (χ4v) is 4.38. The van der Waals surface area contributed by atoms with E-state index in [0.29, 0.717) is 26.4 Å². The number of fused-ring (bicyclic) bond motifs is 1. The predicted octanol–water partition coefficient (Wildman–Crippen LogP) is 4.97. The van der Waals surface area contributed by atoms with Crippen molar-refractivity contribution in [3.05, 3.63) is 77.0 Å². The molecule has 0 aliphatic rings. The average Bonchev–Trinajstić information content (AvgIpc) is 2.83. The number of methoxy groups -OCH3 is 1. The largest absolute Gasteiger partial charge is 0.465 e. The molecule has 160 valence electrons. The van der Waals surface area contributed by atoms with Gasteiger partial charge in [-0.1, -0.05) is 54.2 Å². The Morgan fingerprint density at radius 2 is 1.91 bits per heavy atom. The molecule has 4 aromatic rings. The van der Waals surface area contributed by atoms with E-state index in [-0.39, 0.29) is 11.7 Å². The summed E-state index contributed by atoms with van der Waals surface area (Å²) >= 11 is 4.63. The molecule has 9 heteroatoms. The van der Waals surface area contributed by atoms with Crippen molar-refractivity contribution in [3.8, 4) is 11.3 Å². The summed E-state index contributed by atoms with van der Waals surface area (Å²) in [5.74, 6) is -0.560. The number of hydrogen-bond acceptors (Lipinski definition) is 7. The fraction of sp³-hybridized carbons (Fsp3) is 0.0870. The molecule has 0 aliphatic heterocycles. The Labute approximate surface area is 196 Å². The third-order valence-electron chi connectivity index (χ3n) is 4.64. The molecular formula is C23H17BrN4O3S. The van der Waals surface area contributed by atoms with Crippen molar-refractivity contribution in [2.45, 2.75) is 5.03 Å². The maximum absolute atomic E-state index is 12.6. The number of nitrogens with zero attached hydrogens (tertiary/aromatic N) is 3. The molecule has 1 heterocycles. The Bertz CT molecular complexity index is 1310. The van der Waals surface area contributed by atoms with Gasteiger partial charge in [0.25, 0.3) is 0 Å². The summed E-state index contributed by atoms with van der Waals surface area (Å²) in [5.41, 5.74) is 2.55. The van der Waals surface area contributed by atoms with Crippen molar-refractivity contribution in [2.75, 3.05) is 18.2 Å². The molecule has 32 heavy (non-hydrogen) atoms. The highest BCUT2D eigenvalue weighted by Gasteiger charge is 2.15. The number of ether oxygens (including phenoxy) is 1. The summed E-state index contributed by atoms with van der Waals surface area (Å²) in [6.45, 7) is 0. The van der Waals surface area contributed by atoms with Crippen LogP contribution in [0.1, 0.15) is 10.4 Å². The monoisotopic (exact) mass is 508 g/mol. The van der Waals surface area contributed by atoms with Gasteiger partial charge in [-0.3, -0.25) is 4.79 Å². The highest BCUT2D eigenvalue weighted by Crippen LogP contribution is 2.32. The first-order valence-electron chi connectivity index (χ1n) is 9.53. The van der Waals surface area contributed by atoms with Crippen LogP contribution in [0.5, 0.6) is 0 Å². The second-order valence-corrected chi connectivity index (χ2v) is 8.48. The lowest BCUT2D eigenvalue weighted by atomic mass is 10.0. The molecule has 4 rings (SSSR count). The van der Waals surface area contributed by atoms with E-state index in [1.165, 1.54) is 25.2 Å². The second kappa shape index (κ2) is 9.88. The van der Waals surface area contributed by atoms with Crippen LogP contribution in [-0.4, -0.2) is 39.9 Å². The van der Waals surface area contributed by atoms with Crippen molar-refractivity contribution in [2.24, 2.45) is 0 Å². The van der Waals surface area contributed by atoms with Gasteiger partial charge in [0.05, 0.1) is 24.1 Å². The molecule has 7 nitrogen and oxygen atoms in total. The van der Waals surface area contributed by atoms with Crippen LogP contribution >= 0.6 is 27.7 Å². The number of rotatable bonds is 6. The first kappa shape index (κ1) is 21.9. The lowest BCUT2D eigenvalue weighted by molar-refractivity contribution is -0.113. The Morgan fingerprint density at radius 1 is 1.09 bits per heavy atom. The molecule has 0 saturated carbocycles. The number of esters is 1. The van der Waals surface area contributed by atoms with E-state index in [4.69, 9.17) is 4.74 Å². The second-order valence-electron chi connectivity index (χ2n) is 6.66. The normalized spacial score (nSPS) is 10.7. The molecule has 1 amide bonds. The lowest BCUT2D eigenvalue weighted by Crippen LogP contribution is -2.15. The van der Waals surface area contributed by atoms with Crippen molar-refractivity contribution < 1.29 is 14.3 Å². The van der Waals surface area contributed by atoms with Crippen LogP contribution in [0.3, 0.4) is 0 Å². The summed E-state index contributed by atoms with van der Waals surface area (Å²) in [5, 5.41) is 13.6. The van der Waals surface area contributed by atoms with E-state index in [9.17, 15) is 9.59 Å². The van der Waals surface area contributed by atoms with Crippen LogP contribution in [0.4, 0.5) is 5.69 Å². The molecule has 3 aromatic carbocycles. The van der Waals surface area contributed by atoms with E-state index in [0.717, 1.165) is 16.3 Å². The summed E-state index contributed by atoms with van der Waals surface area (Å²) < 4.78 is 5.28. The zero-order chi connectivity index (χ0) is 22.5. The Morgan fingerprint density at radius 3 is 2.72 bits per heavy atom. The van der Waals surface area contributed by atoms with Gasteiger partial charge in [-0.2, -0.15) is 0 Å². The van der Waals surface area contributed by atoms with Crippen molar-refractivity contribution in [3.63, 3.8) is 0 Å². The fourth-order valence-electron chi connectivity index (χ4n) is 3.16. The smallest absolute Gasteiger partial charge is 0.337 e.